The lowest BCUT2D eigenvalue weighted by Crippen LogP contribution is -2.18. The van der Waals surface area contributed by atoms with Crippen molar-refractivity contribution in [1.29, 1.82) is 0 Å². The molecule has 1 aromatic carbocycles. The minimum atomic E-state index is -3.69. The molecule has 0 aliphatic heterocycles. The first kappa shape index (κ1) is 13.8. The van der Waals surface area contributed by atoms with Crippen molar-refractivity contribution in [1.82, 2.24) is 0 Å². The fraction of sp³-hybridized carbons (Fsp3) is 0.455. The van der Waals surface area contributed by atoms with Crippen LogP contribution in [0.5, 0.6) is 0 Å². The van der Waals surface area contributed by atoms with Gasteiger partial charge in [-0.05, 0) is 31.0 Å². The molecule has 0 aliphatic carbocycles. The Bertz CT molecular complexity index is 481. The Balaban J connectivity index is 2.98. The van der Waals surface area contributed by atoms with Crippen LogP contribution in [-0.2, 0) is 10.0 Å². The van der Waals surface area contributed by atoms with Gasteiger partial charge in [-0.15, -0.1) is 0 Å². The molecule has 17 heavy (non-hydrogen) atoms. The average molecular weight is 257 g/mol. The first-order valence-electron chi connectivity index (χ1n) is 5.57. The van der Waals surface area contributed by atoms with Crippen LogP contribution in [0.25, 0.3) is 0 Å². The molecule has 0 saturated heterocycles. The number of nitrogen functional groups attached to an aromatic ring is 1. The SMILES string of the molecule is CCC(CC)Nc1ccc(S(N)(=O)=O)cc1N. The lowest BCUT2D eigenvalue weighted by atomic mass is 10.1. The quantitative estimate of drug-likeness (QED) is 0.696. The third-order valence-corrected chi connectivity index (χ3v) is 3.61. The number of nitrogens with one attached hydrogen (secondary N) is 1. The van der Waals surface area contributed by atoms with Crippen LogP contribution < -0.4 is 16.2 Å². The summed E-state index contributed by atoms with van der Waals surface area (Å²) in [4.78, 5) is 0.0325. The molecule has 0 atom stereocenters. The lowest BCUT2D eigenvalue weighted by molar-refractivity contribution is 0.598. The van der Waals surface area contributed by atoms with Crippen molar-refractivity contribution in [2.75, 3.05) is 11.1 Å². The van der Waals surface area contributed by atoms with E-state index in [4.69, 9.17) is 10.9 Å². The molecule has 0 spiro atoms. The lowest BCUT2D eigenvalue weighted by Gasteiger charge is -2.18. The van der Waals surface area contributed by atoms with Crippen molar-refractivity contribution >= 4 is 21.4 Å². The van der Waals surface area contributed by atoms with Crippen molar-refractivity contribution in [3.8, 4) is 0 Å². The summed E-state index contributed by atoms with van der Waals surface area (Å²) in [6.07, 6.45) is 1.96. The number of hydrogen-bond donors (Lipinski definition) is 3. The number of benzene rings is 1. The number of primary sulfonamides is 1. The molecular weight excluding hydrogens is 238 g/mol. The fourth-order valence-electron chi connectivity index (χ4n) is 1.56. The smallest absolute Gasteiger partial charge is 0.238 e. The molecule has 0 aromatic heterocycles. The molecule has 0 bridgehead atoms. The zero-order chi connectivity index (χ0) is 13.1. The zero-order valence-corrected chi connectivity index (χ0v) is 10.9. The molecule has 6 heteroatoms. The summed E-state index contributed by atoms with van der Waals surface area (Å²) in [7, 11) is -3.69. The molecule has 5 N–H and O–H groups in total. The normalized spacial score (nSPS) is 11.8. The van der Waals surface area contributed by atoms with E-state index in [9.17, 15) is 8.42 Å². The minimum absolute atomic E-state index is 0.0325. The van der Waals surface area contributed by atoms with E-state index < -0.39 is 10.0 Å². The Labute approximate surface area is 102 Å². The predicted molar refractivity (Wildman–Crippen MR) is 70.2 cm³/mol. The Morgan fingerprint density at radius 2 is 1.88 bits per heavy atom. The van der Waals surface area contributed by atoms with E-state index in [2.05, 4.69) is 19.2 Å². The average Bonchev–Trinajstić information content (AvgIpc) is 2.26. The van der Waals surface area contributed by atoms with Gasteiger partial charge < -0.3 is 11.1 Å². The Hall–Kier alpha value is -1.27. The summed E-state index contributed by atoms with van der Waals surface area (Å²) in [6, 6.07) is 4.81. The summed E-state index contributed by atoms with van der Waals surface area (Å²) in [5.41, 5.74) is 6.93. The molecule has 0 heterocycles. The highest BCUT2D eigenvalue weighted by molar-refractivity contribution is 7.89. The van der Waals surface area contributed by atoms with E-state index in [0.717, 1.165) is 18.5 Å². The van der Waals surface area contributed by atoms with Crippen LogP contribution >= 0.6 is 0 Å². The van der Waals surface area contributed by atoms with Gasteiger partial charge in [-0.2, -0.15) is 0 Å². The molecule has 1 rings (SSSR count). The van der Waals surface area contributed by atoms with Crippen molar-refractivity contribution in [2.45, 2.75) is 37.6 Å². The maximum atomic E-state index is 11.1. The second-order valence-electron chi connectivity index (χ2n) is 3.95. The first-order valence-corrected chi connectivity index (χ1v) is 7.12. The number of anilines is 2. The van der Waals surface area contributed by atoms with Crippen LogP contribution in [0.4, 0.5) is 11.4 Å². The van der Waals surface area contributed by atoms with Crippen LogP contribution in [0, 0.1) is 0 Å². The maximum absolute atomic E-state index is 11.1. The number of sulfonamides is 1. The van der Waals surface area contributed by atoms with Gasteiger partial charge in [0.2, 0.25) is 10.0 Å². The Kier molecular flexibility index (Phi) is 4.36. The second-order valence-corrected chi connectivity index (χ2v) is 5.51. The molecule has 0 aliphatic rings. The van der Waals surface area contributed by atoms with E-state index in [-0.39, 0.29) is 4.90 Å². The van der Waals surface area contributed by atoms with Gasteiger partial charge in [0.1, 0.15) is 0 Å². The fourth-order valence-corrected chi connectivity index (χ4v) is 2.11. The van der Waals surface area contributed by atoms with Gasteiger partial charge in [-0.1, -0.05) is 13.8 Å². The van der Waals surface area contributed by atoms with E-state index in [1.165, 1.54) is 12.1 Å². The van der Waals surface area contributed by atoms with Gasteiger partial charge in [-0.3, -0.25) is 0 Å². The van der Waals surface area contributed by atoms with Crippen LogP contribution in [0.3, 0.4) is 0 Å². The van der Waals surface area contributed by atoms with E-state index in [0.29, 0.717) is 11.7 Å². The third kappa shape index (κ3) is 3.61. The number of rotatable bonds is 5. The van der Waals surface area contributed by atoms with Crippen molar-refractivity contribution in [2.24, 2.45) is 5.14 Å². The number of hydrogen-bond acceptors (Lipinski definition) is 4. The first-order chi connectivity index (χ1) is 7.88. The van der Waals surface area contributed by atoms with Crippen molar-refractivity contribution in [3.63, 3.8) is 0 Å². The van der Waals surface area contributed by atoms with Gasteiger partial charge >= 0.3 is 0 Å². The summed E-state index contributed by atoms with van der Waals surface area (Å²) < 4.78 is 22.3. The van der Waals surface area contributed by atoms with Crippen LogP contribution in [0.15, 0.2) is 23.1 Å². The van der Waals surface area contributed by atoms with Gasteiger partial charge in [-0.25, -0.2) is 13.6 Å². The van der Waals surface area contributed by atoms with E-state index in [1.807, 2.05) is 0 Å². The summed E-state index contributed by atoms with van der Waals surface area (Å²) >= 11 is 0. The van der Waals surface area contributed by atoms with Crippen LogP contribution in [0.1, 0.15) is 26.7 Å². The predicted octanol–water partition coefficient (Wildman–Crippen LogP) is 1.52. The standard InChI is InChI=1S/C11H19N3O2S/c1-3-8(4-2)14-11-6-5-9(7-10(11)12)17(13,15)16/h5-8,14H,3-4,12H2,1-2H3,(H2,13,15,16). The van der Waals surface area contributed by atoms with Gasteiger partial charge in [0.25, 0.3) is 0 Å². The molecule has 0 radical (unpaired) electrons. The highest BCUT2D eigenvalue weighted by atomic mass is 32.2. The molecule has 0 amide bonds. The summed E-state index contributed by atoms with van der Waals surface area (Å²) in [5, 5.41) is 8.29. The molecule has 5 nitrogen and oxygen atoms in total. The molecule has 1 aromatic rings. The molecule has 0 fully saturated rings. The topological polar surface area (TPSA) is 98.2 Å². The van der Waals surface area contributed by atoms with Crippen molar-refractivity contribution in [3.05, 3.63) is 18.2 Å². The van der Waals surface area contributed by atoms with Crippen molar-refractivity contribution < 1.29 is 8.42 Å². The third-order valence-electron chi connectivity index (χ3n) is 2.70. The zero-order valence-electron chi connectivity index (χ0n) is 10.1. The van der Waals surface area contributed by atoms with Gasteiger partial charge in [0, 0.05) is 6.04 Å². The van der Waals surface area contributed by atoms with Gasteiger partial charge in [0.15, 0.2) is 0 Å². The highest BCUT2D eigenvalue weighted by Gasteiger charge is 2.11. The van der Waals surface area contributed by atoms with Crippen LogP contribution in [-0.4, -0.2) is 14.5 Å². The van der Waals surface area contributed by atoms with Gasteiger partial charge in [0.05, 0.1) is 16.3 Å². The van der Waals surface area contributed by atoms with Crippen LogP contribution in [0.2, 0.25) is 0 Å². The second kappa shape index (κ2) is 5.37. The monoisotopic (exact) mass is 257 g/mol. The van der Waals surface area contributed by atoms with E-state index in [1.54, 1.807) is 6.07 Å². The highest BCUT2D eigenvalue weighted by Crippen LogP contribution is 2.23. The summed E-state index contributed by atoms with van der Waals surface area (Å²) in [5.74, 6) is 0. The van der Waals surface area contributed by atoms with E-state index >= 15 is 0 Å². The molecule has 0 unspecified atom stereocenters. The molecular formula is C11H19N3O2S. The molecule has 0 saturated carbocycles. The number of nitrogens with two attached hydrogens (primary N) is 2. The Morgan fingerprint density at radius 1 is 1.29 bits per heavy atom. The summed E-state index contributed by atoms with van der Waals surface area (Å²) in [6.45, 7) is 4.16. The maximum Gasteiger partial charge on any atom is 0.238 e. The largest absolute Gasteiger partial charge is 0.397 e. The Morgan fingerprint density at radius 3 is 2.29 bits per heavy atom. The molecule has 96 valence electrons. The minimum Gasteiger partial charge on any atom is -0.397 e.